The average molecular weight is 748 g/mol. The maximum atomic E-state index is 12.8. The number of hydrogen-bond acceptors (Lipinski definition) is 7. The van der Waals surface area contributed by atoms with Crippen molar-refractivity contribution in [1.29, 1.82) is 0 Å². The zero-order chi connectivity index (χ0) is 38.0. The Kier molecular flexibility index (Phi) is 26.6. The molecule has 1 fully saturated rings. The molecule has 2 N–H and O–H groups in total. The molecule has 1 saturated heterocycles. The number of methoxy groups -OCH3 is 1. The number of nitrogens with one attached hydrogen (secondary N) is 1. The summed E-state index contributed by atoms with van der Waals surface area (Å²) in [4.78, 5) is 22.9. The summed E-state index contributed by atoms with van der Waals surface area (Å²) in [5.74, 6) is 0.0849. The van der Waals surface area contributed by atoms with Crippen LogP contribution >= 0.6 is 7.82 Å². The fraction of sp³-hybridized carbons (Fsp3) is 0.976. The topological polar surface area (TPSA) is 113 Å². The molecule has 51 heavy (non-hydrogen) atoms. The Morgan fingerprint density at radius 2 is 1.12 bits per heavy atom. The fourth-order valence-electron chi connectivity index (χ4n) is 6.77. The van der Waals surface area contributed by atoms with Crippen molar-refractivity contribution in [2.75, 3.05) is 20.3 Å². The van der Waals surface area contributed by atoms with E-state index in [1.165, 1.54) is 122 Å². The predicted molar refractivity (Wildman–Crippen MR) is 210 cm³/mol. The minimum absolute atomic E-state index is 0.0849. The van der Waals surface area contributed by atoms with Crippen LogP contribution in [0.15, 0.2) is 0 Å². The van der Waals surface area contributed by atoms with E-state index < -0.39 is 37.3 Å². The maximum Gasteiger partial charge on any atom is 0.473 e. The Balaban J connectivity index is 2.13. The van der Waals surface area contributed by atoms with Crippen LogP contribution in [-0.2, 0) is 32.6 Å². The van der Waals surface area contributed by atoms with Crippen molar-refractivity contribution in [3.8, 4) is 0 Å². The van der Waals surface area contributed by atoms with Crippen LogP contribution in [0.25, 0.3) is 0 Å². The fourth-order valence-corrected chi connectivity index (χ4v) is 8.07. The maximum absolute atomic E-state index is 12.8. The molecule has 0 spiro atoms. The van der Waals surface area contributed by atoms with Crippen molar-refractivity contribution in [1.82, 2.24) is 5.32 Å². The number of phosphoric ester groups is 1. The highest BCUT2D eigenvalue weighted by Crippen LogP contribution is 2.51. The molecule has 1 amide bonds. The lowest BCUT2D eigenvalue weighted by Crippen LogP contribution is -2.39. The van der Waals surface area contributed by atoms with Gasteiger partial charge in [-0.25, -0.2) is 4.57 Å². The Morgan fingerprint density at radius 3 is 1.53 bits per heavy atom. The minimum atomic E-state index is -4.40. The summed E-state index contributed by atoms with van der Waals surface area (Å²) < 4.78 is 41.7. The highest BCUT2D eigenvalue weighted by molar-refractivity contribution is 7.47. The zero-order valence-electron chi connectivity index (χ0n) is 34.4. The number of unbranched alkanes of at least 4 members (excludes halogenated alkanes) is 20. The van der Waals surface area contributed by atoms with Crippen LogP contribution in [0, 0.1) is 0 Å². The van der Waals surface area contributed by atoms with Gasteiger partial charge in [0, 0.05) is 20.1 Å². The zero-order valence-corrected chi connectivity index (χ0v) is 35.3. The second-order valence-corrected chi connectivity index (χ2v) is 18.2. The van der Waals surface area contributed by atoms with Crippen LogP contribution < -0.4 is 5.32 Å². The van der Waals surface area contributed by atoms with Crippen molar-refractivity contribution in [3.63, 3.8) is 0 Å². The molecule has 0 bridgehead atoms. The van der Waals surface area contributed by atoms with Gasteiger partial charge in [0.25, 0.3) is 0 Å². The minimum Gasteiger partial charge on any atom is -0.376 e. The molecule has 0 aromatic heterocycles. The molecule has 0 aromatic rings. The van der Waals surface area contributed by atoms with E-state index in [9.17, 15) is 14.3 Å². The van der Waals surface area contributed by atoms with Crippen molar-refractivity contribution in [2.45, 2.75) is 238 Å². The summed E-state index contributed by atoms with van der Waals surface area (Å²) in [5, 5.41) is 3.04. The largest absolute Gasteiger partial charge is 0.473 e. The van der Waals surface area contributed by atoms with E-state index in [0.29, 0.717) is 25.8 Å². The quantitative estimate of drug-likeness (QED) is 0.0517. The van der Waals surface area contributed by atoms with E-state index in [0.717, 1.165) is 12.8 Å². The smallest absolute Gasteiger partial charge is 0.376 e. The molecular formula is C41H82NO8P. The van der Waals surface area contributed by atoms with Crippen LogP contribution in [0.2, 0.25) is 0 Å². The summed E-state index contributed by atoms with van der Waals surface area (Å²) in [7, 11) is -2.85. The highest BCUT2D eigenvalue weighted by Gasteiger charge is 2.49. The second kappa shape index (κ2) is 28.0. The van der Waals surface area contributed by atoms with E-state index in [4.69, 9.17) is 23.3 Å². The Bertz CT molecular complexity index is 905. The summed E-state index contributed by atoms with van der Waals surface area (Å²) in [6.07, 6.45) is 27.8. The normalized spacial score (nSPS) is 20.9. The lowest BCUT2D eigenvalue weighted by atomic mass is 10.0. The Morgan fingerprint density at radius 1 is 0.667 bits per heavy atom. The van der Waals surface area contributed by atoms with Crippen LogP contribution in [-0.4, -0.2) is 66.7 Å². The van der Waals surface area contributed by atoms with Crippen molar-refractivity contribution < 1.29 is 37.5 Å². The van der Waals surface area contributed by atoms with E-state index in [1.807, 2.05) is 20.8 Å². The molecule has 0 saturated carbocycles. The summed E-state index contributed by atoms with van der Waals surface area (Å²) in [6.45, 7) is 13.9. The Hall–Kier alpha value is -0.540. The molecule has 0 radical (unpaired) electrons. The summed E-state index contributed by atoms with van der Waals surface area (Å²) in [6, 6.07) is 0. The number of ether oxygens (including phenoxy) is 3. The van der Waals surface area contributed by atoms with Crippen molar-refractivity contribution in [2.24, 2.45) is 0 Å². The lowest BCUT2D eigenvalue weighted by Gasteiger charge is -2.29. The van der Waals surface area contributed by atoms with Crippen LogP contribution in [0.3, 0.4) is 0 Å². The number of carbonyl (C=O) groups is 1. The molecule has 1 unspecified atom stereocenters. The van der Waals surface area contributed by atoms with E-state index in [-0.39, 0.29) is 18.6 Å². The van der Waals surface area contributed by atoms with Gasteiger partial charge in [0.15, 0.2) is 0 Å². The molecule has 304 valence electrons. The van der Waals surface area contributed by atoms with Gasteiger partial charge in [-0.15, -0.1) is 0 Å². The molecule has 5 atom stereocenters. The second-order valence-electron chi connectivity index (χ2n) is 16.9. The van der Waals surface area contributed by atoms with E-state index in [2.05, 4.69) is 12.2 Å². The lowest BCUT2D eigenvalue weighted by molar-refractivity contribution is -0.121. The van der Waals surface area contributed by atoms with Gasteiger partial charge in [-0.2, -0.15) is 0 Å². The first-order valence-electron chi connectivity index (χ1n) is 21.0. The van der Waals surface area contributed by atoms with E-state index in [1.54, 1.807) is 27.9 Å². The molecular weight excluding hydrogens is 665 g/mol. The standard InChI is InChI=1S/C41H82NO8P/c1-9-10-11-12-13-14-15-16-17-18-19-20-21-22-23-24-25-26-27-28-29-32-37(43)42-33-30-31-35-38(46-8)39(36(48-35)34-47-40(2,3)4)49-51(44,45)50-41(5,6)7/h35-36,38-39H,9-34H2,1-8H3,(H,42,43)(H,44,45)/t35-,36+,38-,39+/m0/s1. The molecule has 0 aromatic carbocycles. The van der Waals surface area contributed by atoms with Gasteiger partial charge in [0.05, 0.1) is 23.9 Å². The van der Waals surface area contributed by atoms with Crippen LogP contribution in [0.5, 0.6) is 0 Å². The number of hydrogen-bond donors (Lipinski definition) is 2. The van der Waals surface area contributed by atoms with Crippen molar-refractivity contribution in [3.05, 3.63) is 0 Å². The van der Waals surface area contributed by atoms with Crippen LogP contribution in [0.1, 0.15) is 203 Å². The van der Waals surface area contributed by atoms with Gasteiger partial charge >= 0.3 is 7.82 Å². The number of carbonyl (C=O) groups excluding carboxylic acids is 1. The Labute approximate surface area is 314 Å². The van der Waals surface area contributed by atoms with Gasteiger partial charge < -0.3 is 24.4 Å². The third kappa shape index (κ3) is 26.8. The molecule has 1 aliphatic heterocycles. The van der Waals surface area contributed by atoms with Gasteiger partial charge in [-0.05, 0) is 60.8 Å². The SMILES string of the molecule is CCCCCCCCCCCCCCCCCCCCCCCC(=O)NCCC[C@@H]1O[C@H](COC(C)(C)C)[C@@H](OP(=O)(O)OC(C)(C)C)[C@H]1OC. The molecule has 10 heteroatoms. The van der Waals surface area contributed by atoms with Crippen molar-refractivity contribution >= 4 is 13.7 Å². The molecule has 1 aliphatic rings. The van der Waals surface area contributed by atoms with Gasteiger partial charge in [0.1, 0.15) is 18.3 Å². The first kappa shape index (κ1) is 48.5. The highest BCUT2D eigenvalue weighted by atomic mass is 31.2. The number of rotatable bonds is 32. The summed E-state index contributed by atoms with van der Waals surface area (Å²) in [5.41, 5.74) is -1.29. The number of phosphoric acid groups is 1. The first-order chi connectivity index (χ1) is 24.2. The predicted octanol–water partition coefficient (Wildman–Crippen LogP) is 11.4. The molecule has 0 aliphatic carbocycles. The molecule has 1 heterocycles. The van der Waals surface area contributed by atoms with E-state index >= 15 is 0 Å². The third-order valence-corrected chi connectivity index (χ3v) is 10.8. The average Bonchev–Trinajstić information content (AvgIpc) is 3.36. The first-order valence-corrected chi connectivity index (χ1v) is 22.5. The molecule has 9 nitrogen and oxygen atoms in total. The third-order valence-electron chi connectivity index (χ3n) is 9.50. The summed E-state index contributed by atoms with van der Waals surface area (Å²) >= 11 is 0. The van der Waals surface area contributed by atoms with Gasteiger partial charge in [-0.1, -0.05) is 135 Å². The molecule has 1 rings (SSSR count). The number of amides is 1. The van der Waals surface area contributed by atoms with Gasteiger partial charge in [-0.3, -0.25) is 13.8 Å². The van der Waals surface area contributed by atoms with Crippen LogP contribution in [0.4, 0.5) is 0 Å². The monoisotopic (exact) mass is 748 g/mol. The van der Waals surface area contributed by atoms with Gasteiger partial charge in [0.2, 0.25) is 5.91 Å².